The second-order valence-corrected chi connectivity index (χ2v) is 4.89. The monoisotopic (exact) mass is 247 g/mol. The van der Waals surface area contributed by atoms with Crippen LogP contribution in [0.2, 0.25) is 0 Å². The zero-order chi connectivity index (χ0) is 12.7. The summed E-state index contributed by atoms with van der Waals surface area (Å²) in [6, 6.07) is 0.558. The first-order chi connectivity index (χ1) is 8.65. The molecule has 1 atom stereocenters. The standard InChI is InChI=1S/C11H17N7/c1-17(2)7-3-4-18(6-7)10-8-5-13-16-9(8)14-11(12)15-10/h5,7H,3-4,6H2,1-2H3,(H3,12,13,14,15,16). The number of nitrogen functional groups attached to an aromatic ring is 1. The van der Waals surface area contributed by atoms with Crippen molar-refractivity contribution >= 4 is 22.8 Å². The summed E-state index contributed by atoms with van der Waals surface area (Å²) in [7, 11) is 4.21. The quantitative estimate of drug-likeness (QED) is 0.781. The van der Waals surface area contributed by atoms with E-state index in [0.717, 1.165) is 30.7 Å². The van der Waals surface area contributed by atoms with E-state index in [1.54, 1.807) is 6.20 Å². The molecule has 3 N–H and O–H groups in total. The Bertz CT molecular complexity index is 562. The fourth-order valence-electron chi connectivity index (χ4n) is 2.43. The molecule has 0 aliphatic carbocycles. The van der Waals surface area contributed by atoms with E-state index in [0.29, 0.717) is 11.7 Å². The van der Waals surface area contributed by atoms with Crippen LogP contribution in [0.15, 0.2) is 6.20 Å². The number of rotatable bonds is 2. The average Bonchev–Trinajstić information content (AvgIpc) is 2.95. The second-order valence-electron chi connectivity index (χ2n) is 4.89. The van der Waals surface area contributed by atoms with Crippen LogP contribution in [0.5, 0.6) is 0 Å². The van der Waals surface area contributed by atoms with Crippen LogP contribution in [0, 0.1) is 0 Å². The molecule has 1 fully saturated rings. The Kier molecular flexibility index (Phi) is 2.55. The normalized spacial score (nSPS) is 20.2. The molecule has 0 radical (unpaired) electrons. The molecule has 0 spiro atoms. The molecule has 2 aromatic heterocycles. The van der Waals surface area contributed by atoms with E-state index in [9.17, 15) is 0 Å². The van der Waals surface area contributed by atoms with Gasteiger partial charge >= 0.3 is 0 Å². The van der Waals surface area contributed by atoms with Crippen molar-refractivity contribution in [1.29, 1.82) is 0 Å². The highest BCUT2D eigenvalue weighted by Crippen LogP contribution is 2.27. The van der Waals surface area contributed by atoms with Crippen LogP contribution in [0.4, 0.5) is 11.8 Å². The average molecular weight is 247 g/mol. The first kappa shape index (κ1) is 11.2. The van der Waals surface area contributed by atoms with Crippen molar-refractivity contribution in [1.82, 2.24) is 25.1 Å². The van der Waals surface area contributed by atoms with E-state index >= 15 is 0 Å². The Labute approximate surface area is 105 Å². The third-order valence-corrected chi connectivity index (χ3v) is 3.50. The number of nitrogens with one attached hydrogen (secondary N) is 1. The van der Waals surface area contributed by atoms with E-state index in [1.165, 1.54) is 0 Å². The predicted octanol–water partition coefficient (Wildman–Crippen LogP) is 0.0754. The molecule has 0 aromatic carbocycles. The Balaban J connectivity index is 1.97. The van der Waals surface area contributed by atoms with Gasteiger partial charge in [0.1, 0.15) is 5.82 Å². The largest absolute Gasteiger partial charge is 0.368 e. The molecule has 3 rings (SSSR count). The summed E-state index contributed by atoms with van der Waals surface area (Å²) in [6.07, 6.45) is 2.89. The molecule has 0 bridgehead atoms. The van der Waals surface area contributed by atoms with Crippen LogP contribution in [0.1, 0.15) is 6.42 Å². The minimum atomic E-state index is 0.287. The van der Waals surface area contributed by atoms with Gasteiger partial charge in [0.05, 0.1) is 11.6 Å². The topological polar surface area (TPSA) is 87.0 Å². The van der Waals surface area contributed by atoms with E-state index in [-0.39, 0.29) is 5.95 Å². The number of likely N-dealkylation sites (N-methyl/N-ethyl adjacent to an activating group) is 1. The summed E-state index contributed by atoms with van der Waals surface area (Å²) >= 11 is 0. The van der Waals surface area contributed by atoms with Gasteiger partial charge in [0.15, 0.2) is 5.65 Å². The zero-order valence-corrected chi connectivity index (χ0v) is 10.6. The minimum Gasteiger partial charge on any atom is -0.368 e. The van der Waals surface area contributed by atoms with Gasteiger partial charge in [-0.15, -0.1) is 0 Å². The Morgan fingerprint density at radius 2 is 2.28 bits per heavy atom. The SMILES string of the molecule is CN(C)C1CCN(c2nc(N)nc3[nH]ncc23)C1. The summed E-state index contributed by atoms with van der Waals surface area (Å²) in [6.45, 7) is 1.95. The van der Waals surface area contributed by atoms with Crippen molar-refractivity contribution in [3.8, 4) is 0 Å². The van der Waals surface area contributed by atoms with Crippen molar-refractivity contribution in [3.05, 3.63) is 6.20 Å². The molecule has 18 heavy (non-hydrogen) atoms. The van der Waals surface area contributed by atoms with E-state index in [1.807, 2.05) is 0 Å². The minimum absolute atomic E-state index is 0.287. The number of aromatic nitrogens is 4. The third kappa shape index (κ3) is 1.76. The summed E-state index contributed by atoms with van der Waals surface area (Å²) in [4.78, 5) is 13.0. The number of anilines is 2. The van der Waals surface area contributed by atoms with Gasteiger partial charge in [0, 0.05) is 19.1 Å². The van der Waals surface area contributed by atoms with Gasteiger partial charge in [0.2, 0.25) is 5.95 Å². The molecular weight excluding hydrogens is 230 g/mol. The lowest BCUT2D eigenvalue weighted by molar-refractivity contribution is 0.315. The van der Waals surface area contributed by atoms with Gasteiger partial charge in [-0.25, -0.2) is 0 Å². The first-order valence-electron chi connectivity index (χ1n) is 6.03. The maximum Gasteiger partial charge on any atom is 0.224 e. The number of nitrogens with zero attached hydrogens (tertiary/aromatic N) is 5. The maximum absolute atomic E-state index is 5.74. The van der Waals surface area contributed by atoms with Crippen LogP contribution < -0.4 is 10.6 Å². The summed E-state index contributed by atoms with van der Waals surface area (Å²) in [5, 5.41) is 7.78. The van der Waals surface area contributed by atoms with Gasteiger partial charge in [-0.3, -0.25) is 5.10 Å². The number of aromatic amines is 1. The van der Waals surface area contributed by atoms with Gasteiger partial charge in [-0.1, -0.05) is 0 Å². The number of H-pyrrole nitrogens is 1. The van der Waals surface area contributed by atoms with E-state index < -0.39 is 0 Å². The molecule has 1 saturated heterocycles. The Morgan fingerprint density at radius 3 is 3.00 bits per heavy atom. The van der Waals surface area contributed by atoms with Crippen molar-refractivity contribution in [2.75, 3.05) is 37.8 Å². The van der Waals surface area contributed by atoms with E-state index in [4.69, 9.17) is 5.73 Å². The second kappa shape index (κ2) is 4.09. The first-order valence-corrected chi connectivity index (χ1v) is 6.03. The van der Waals surface area contributed by atoms with E-state index in [2.05, 4.69) is 44.1 Å². The van der Waals surface area contributed by atoms with Crippen molar-refractivity contribution in [2.24, 2.45) is 0 Å². The lowest BCUT2D eigenvalue weighted by Crippen LogP contribution is -2.31. The van der Waals surface area contributed by atoms with Crippen LogP contribution in [-0.4, -0.2) is 58.3 Å². The molecule has 3 heterocycles. The molecule has 96 valence electrons. The molecule has 1 aliphatic heterocycles. The molecule has 2 aromatic rings. The molecule has 0 saturated carbocycles. The molecule has 1 aliphatic rings. The highest BCUT2D eigenvalue weighted by atomic mass is 15.3. The highest BCUT2D eigenvalue weighted by molar-refractivity contribution is 5.87. The number of nitrogens with two attached hydrogens (primary N) is 1. The number of hydrogen-bond acceptors (Lipinski definition) is 6. The molecule has 7 heteroatoms. The molecule has 0 amide bonds. The molecular formula is C11H17N7. The summed E-state index contributed by atoms with van der Waals surface area (Å²) < 4.78 is 0. The predicted molar refractivity (Wildman–Crippen MR) is 70.4 cm³/mol. The molecule has 1 unspecified atom stereocenters. The van der Waals surface area contributed by atoms with Crippen molar-refractivity contribution in [2.45, 2.75) is 12.5 Å². The van der Waals surface area contributed by atoms with Gasteiger partial charge in [0.25, 0.3) is 0 Å². The Hall–Kier alpha value is -1.89. The fourth-order valence-corrected chi connectivity index (χ4v) is 2.43. The lowest BCUT2D eigenvalue weighted by atomic mass is 10.2. The third-order valence-electron chi connectivity index (χ3n) is 3.50. The van der Waals surface area contributed by atoms with Crippen molar-refractivity contribution in [3.63, 3.8) is 0 Å². The summed E-state index contributed by atoms with van der Waals surface area (Å²) in [5.74, 6) is 1.17. The van der Waals surface area contributed by atoms with Crippen LogP contribution in [-0.2, 0) is 0 Å². The zero-order valence-electron chi connectivity index (χ0n) is 10.6. The Morgan fingerprint density at radius 1 is 1.44 bits per heavy atom. The summed E-state index contributed by atoms with van der Waals surface area (Å²) in [5.41, 5.74) is 6.44. The van der Waals surface area contributed by atoms with Crippen molar-refractivity contribution < 1.29 is 0 Å². The number of hydrogen-bond donors (Lipinski definition) is 2. The lowest BCUT2D eigenvalue weighted by Gasteiger charge is -2.21. The fraction of sp³-hybridized carbons (Fsp3) is 0.545. The number of fused-ring (bicyclic) bond motifs is 1. The smallest absolute Gasteiger partial charge is 0.224 e. The van der Waals surface area contributed by atoms with Crippen LogP contribution in [0.3, 0.4) is 0 Å². The van der Waals surface area contributed by atoms with Crippen LogP contribution >= 0.6 is 0 Å². The molecule has 7 nitrogen and oxygen atoms in total. The van der Waals surface area contributed by atoms with Gasteiger partial charge < -0.3 is 15.5 Å². The highest BCUT2D eigenvalue weighted by Gasteiger charge is 2.26. The van der Waals surface area contributed by atoms with Crippen LogP contribution in [0.25, 0.3) is 11.0 Å². The maximum atomic E-state index is 5.74. The van der Waals surface area contributed by atoms with Gasteiger partial charge in [-0.05, 0) is 20.5 Å². The van der Waals surface area contributed by atoms with Gasteiger partial charge in [-0.2, -0.15) is 15.1 Å².